The van der Waals surface area contributed by atoms with Gasteiger partial charge in [0, 0.05) is 18.3 Å². The number of aromatic nitrogens is 3. The second-order valence-corrected chi connectivity index (χ2v) is 4.35. The van der Waals surface area contributed by atoms with Gasteiger partial charge in [0.1, 0.15) is 0 Å². The molecule has 18 heavy (non-hydrogen) atoms. The van der Waals surface area contributed by atoms with Crippen LogP contribution in [0.1, 0.15) is 11.1 Å². The fourth-order valence-electron chi connectivity index (χ4n) is 1.95. The maximum absolute atomic E-state index is 5.65. The lowest BCUT2D eigenvalue weighted by atomic mass is 10.1. The minimum atomic E-state index is 0.528. The topological polar surface area (TPSA) is 56.2 Å². The van der Waals surface area contributed by atoms with Crippen molar-refractivity contribution in [3.05, 3.63) is 53.7 Å². The lowest BCUT2D eigenvalue weighted by Crippen LogP contribution is -1.96. The summed E-state index contributed by atoms with van der Waals surface area (Å²) in [6.07, 6.45) is 1.97. The molecular formula is C14H14N4. The van der Waals surface area contributed by atoms with E-state index in [1.807, 2.05) is 49.5 Å². The summed E-state index contributed by atoms with van der Waals surface area (Å²) in [6.45, 7) is 2.57. The molecule has 0 aliphatic carbocycles. The standard InChI is InChI=1S/C14H14N4/c1-10-5-6-13-16-14(17-18(13)9-10)12-4-2-3-11(7-12)8-15/h2-7,9H,8,15H2,1H3. The van der Waals surface area contributed by atoms with Gasteiger partial charge < -0.3 is 5.73 Å². The third kappa shape index (κ3) is 1.87. The molecule has 0 atom stereocenters. The van der Waals surface area contributed by atoms with Crippen LogP contribution in [0, 0.1) is 6.92 Å². The van der Waals surface area contributed by atoms with Crippen LogP contribution in [-0.2, 0) is 6.54 Å². The fraction of sp³-hybridized carbons (Fsp3) is 0.143. The van der Waals surface area contributed by atoms with Gasteiger partial charge in [0.05, 0.1) is 0 Å². The number of nitrogens with zero attached hydrogens (tertiary/aromatic N) is 3. The number of nitrogens with two attached hydrogens (primary N) is 1. The van der Waals surface area contributed by atoms with Crippen molar-refractivity contribution in [2.75, 3.05) is 0 Å². The average Bonchev–Trinajstić information content (AvgIpc) is 2.81. The monoisotopic (exact) mass is 238 g/mol. The van der Waals surface area contributed by atoms with Crippen LogP contribution in [0.3, 0.4) is 0 Å². The maximum Gasteiger partial charge on any atom is 0.182 e. The molecule has 0 radical (unpaired) electrons. The van der Waals surface area contributed by atoms with Crippen molar-refractivity contribution in [3.8, 4) is 11.4 Å². The van der Waals surface area contributed by atoms with Gasteiger partial charge in [0.25, 0.3) is 0 Å². The zero-order chi connectivity index (χ0) is 12.5. The van der Waals surface area contributed by atoms with Crippen molar-refractivity contribution in [2.24, 2.45) is 5.73 Å². The molecule has 0 saturated carbocycles. The van der Waals surface area contributed by atoms with Crippen LogP contribution in [0.15, 0.2) is 42.6 Å². The number of rotatable bonds is 2. The minimum absolute atomic E-state index is 0.528. The molecule has 2 aromatic heterocycles. The third-order valence-electron chi connectivity index (χ3n) is 2.90. The predicted octanol–water partition coefficient (Wildman–Crippen LogP) is 2.16. The SMILES string of the molecule is Cc1ccc2nc(-c3cccc(CN)c3)nn2c1. The summed E-state index contributed by atoms with van der Waals surface area (Å²) in [5.74, 6) is 0.732. The molecule has 2 heterocycles. The fourth-order valence-corrected chi connectivity index (χ4v) is 1.95. The summed E-state index contributed by atoms with van der Waals surface area (Å²) in [7, 11) is 0. The smallest absolute Gasteiger partial charge is 0.182 e. The number of aryl methyl sites for hydroxylation is 1. The van der Waals surface area contributed by atoms with Crippen LogP contribution in [-0.4, -0.2) is 14.6 Å². The largest absolute Gasteiger partial charge is 0.326 e. The molecule has 0 amide bonds. The van der Waals surface area contributed by atoms with Crippen molar-refractivity contribution >= 4 is 5.65 Å². The molecular weight excluding hydrogens is 224 g/mol. The van der Waals surface area contributed by atoms with E-state index in [0.717, 1.165) is 28.2 Å². The third-order valence-corrected chi connectivity index (χ3v) is 2.90. The van der Waals surface area contributed by atoms with E-state index in [1.54, 1.807) is 4.52 Å². The van der Waals surface area contributed by atoms with Crippen molar-refractivity contribution in [1.29, 1.82) is 0 Å². The minimum Gasteiger partial charge on any atom is -0.326 e. The quantitative estimate of drug-likeness (QED) is 0.744. The molecule has 0 saturated heterocycles. The van der Waals surface area contributed by atoms with E-state index < -0.39 is 0 Å². The van der Waals surface area contributed by atoms with Crippen LogP contribution in [0.2, 0.25) is 0 Å². The number of hydrogen-bond donors (Lipinski definition) is 1. The van der Waals surface area contributed by atoms with E-state index in [0.29, 0.717) is 6.54 Å². The molecule has 0 aliphatic rings. The Labute approximate surface area is 105 Å². The second kappa shape index (κ2) is 4.23. The Kier molecular flexibility index (Phi) is 2.57. The molecule has 0 unspecified atom stereocenters. The highest BCUT2D eigenvalue weighted by molar-refractivity contribution is 5.59. The van der Waals surface area contributed by atoms with Crippen LogP contribution in [0.4, 0.5) is 0 Å². The Morgan fingerprint density at radius 1 is 1.22 bits per heavy atom. The molecule has 4 nitrogen and oxygen atoms in total. The molecule has 3 aromatic rings. The highest BCUT2D eigenvalue weighted by Gasteiger charge is 2.06. The predicted molar refractivity (Wildman–Crippen MR) is 71.1 cm³/mol. The molecule has 0 fully saturated rings. The van der Waals surface area contributed by atoms with Crippen LogP contribution >= 0.6 is 0 Å². The molecule has 1 aromatic carbocycles. The summed E-state index contributed by atoms with van der Waals surface area (Å²) >= 11 is 0. The van der Waals surface area contributed by atoms with Gasteiger partial charge in [0.15, 0.2) is 11.5 Å². The summed E-state index contributed by atoms with van der Waals surface area (Å²) in [4.78, 5) is 4.51. The first-order valence-electron chi connectivity index (χ1n) is 5.89. The van der Waals surface area contributed by atoms with Crippen molar-refractivity contribution in [3.63, 3.8) is 0 Å². The number of pyridine rings is 1. The van der Waals surface area contributed by atoms with Gasteiger partial charge in [-0.1, -0.05) is 24.3 Å². The molecule has 4 heteroatoms. The normalized spacial score (nSPS) is 11.0. The van der Waals surface area contributed by atoms with Gasteiger partial charge in [-0.2, -0.15) is 0 Å². The lowest BCUT2D eigenvalue weighted by molar-refractivity contribution is 0.955. The van der Waals surface area contributed by atoms with E-state index in [-0.39, 0.29) is 0 Å². The van der Waals surface area contributed by atoms with E-state index in [9.17, 15) is 0 Å². The first-order chi connectivity index (χ1) is 8.76. The lowest BCUT2D eigenvalue weighted by Gasteiger charge is -1.98. The summed E-state index contributed by atoms with van der Waals surface area (Å²) in [5, 5.41) is 4.48. The first-order valence-corrected chi connectivity index (χ1v) is 5.89. The van der Waals surface area contributed by atoms with Crippen molar-refractivity contribution in [1.82, 2.24) is 14.6 Å². The Bertz CT molecular complexity index is 700. The molecule has 90 valence electrons. The average molecular weight is 238 g/mol. The molecule has 0 spiro atoms. The number of benzene rings is 1. The highest BCUT2D eigenvalue weighted by atomic mass is 15.3. The van der Waals surface area contributed by atoms with Gasteiger partial charge in [-0.05, 0) is 30.2 Å². The van der Waals surface area contributed by atoms with Gasteiger partial charge >= 0.3 is 0 Å². The van der Waals surface area contributed by atoms with Crippen molar-refractivity contribution < 1.29 is 0 Å². The van der Waals surface area contributed by atoms with E-state index in [1.165, 1.54) is 0 Å². The van der Waals surface area contributed by atoms with Gasteiger partial charge in [-0.3, -0.25) is 0 Å². The molecule has 3 rings (SSSR count). The number of hydrogen-bond acceptors (Lipinski definition) is 3. The van der Waals surface area contributed by atoms with Crippen LogP contribution in [0.25, 0.3) is 17.0 Å². The highest BCUT2D eigenvalue weighted by Crippen LogP contribution is 2.17. The van der Waals surface area contributed by atoms with Gasteiger partial charge in [-0.15, -0.1) is 5.10 Å². The molecule has 2 N–H and O–H groups in total. The Morgan fingerprint density at radius 3 is 2.94 bits per heavy atom. The summed E-state index contributed by atoms with van der Waals surface area (Å²) in [6, 6.07) is 12.0. The van der Waals surface area contributed by atoms with E-state index in [4.69, 9.17) is 5.73 Å². The summed E-state index contributed by atoms with van der Waals surface area (Å²) in [5.41, 5.74) is 9.75. The summed E-state index contributed by atoms with van der Waals surface area (Å²) < 4.78 is 1.81. The molecule has 0 bridgehead atoms. The van der Waals surface area contributed by atoms with Crippen molar-refractivity contribution in [2.45, 2.75) is 13.5 Å². The van der Waals surface area contributed by atoms with E-state index >= 15 is 0 Å². The zero-order valence-corrected chi connectivity index (χ0v) is 10.2. The van der Waals surface area contributed by atoms with Gasteiger partial charge in [0.2, 0.25) is 0 Å². The maximum atomic E-state index is 5.65. The Morgan fingerprint density at radius 2 is 2.11 bits per heavy atom. The van der Waals surface area contributed by atoms with Gasteiger partial charge in [-0.25, -0.2) is 9.50 Å². The van der Waals surface area contributed by atoms with Crippen LogP contribution < -0.4 is 5.73 Å². The van der Waals surface area contributed by atoms with E-state index in [2.05, 4.69) is 10.1 Å². The Hall–Kier alpha value is -2.20. The first kappa shape index (κ1) is 10.9. The number of fused-ring (bicyclic) bond motifs is 1. The second-order valence-electron chi connectivity index (χ2n) is 4.35. The Balaban J connectivity index is 2.13. The van der Waals surface area contributed by atoms with Crippen LogP contribution in [0.5, 0.6) is 0 Å². The zero-order valence-electron chi connectivity index (χ0n) is 10.2. The molecule has 0 aliphatic heterocycles.